The first kappa shape index (κ1) is 26.1. The Bertz CT molecular complexity index is 1730. The second-order valence-corrected chi connectivity index (χ2v) is 12.6. The molecule has 5 aromatic rings. The molecule has 1 saturated heterocycles. The van der Waals surface area contributed by atoms with Crippen LogP contribution in [-0.2, 0) is 16.6 Å². The lowest BCUT2D eigenvalue weighted by atomic mass is 10.0. The van der Waals surface area contributed by atoms with Crippen molar-refractivity contribution in [3.8, 4) is 11.3 Å². The normalized spacial score (nSPS) is 15.1. The number of hydrogen-bond donors (Lipinski definition) is 1. The van der Waals surface area contributed by atoms with E-state index < -0.39 is 10.0 Å². The van der Waals surface area contributed by atoms with Crippen LogP contribution < -0.4 is 5.32 Å². The van der Waals surface area contributed by atoms with Gasteiger partial charge >= 0.3 is 0 Å². The smallest absolute Gasteiger partial charge is 0.267 e. The van der Waals surface area contributed by atoms with Crippen molar-refractivity contribution in [3.63, 3.8) is 0 Å². The fourth-order valence-corrected chi connectivity index (χ4v) is 6.95. The molecule has 0 amide bonds. The topological polar surface area (TPSA) is 84.5 Å². The number of nitrogens with one attached hydrogen (secondary N) is 1. The molecule has 0 bridgehead atoms. The maximum absolute atomic E-state index is 13.2. The standard InChI is InChI=1S/C28H26BrClN6O2S/c29-24-18-31-36-27(17-26(33-28(24)36)23-10-4-5-11-25(23)30)32-20-12-15-34(16-13-20)19-21-7-6-14-35(21)39(37,38)22-8-2-1-3-9-22/h1-11,14,17-18,20,32H,12-13,15-16,19H2. The van der Waals surface area contributed by atoms with Gasteiger partial charge in [-0.15, -0.1) is 0 Å². The predicted molar refractivity (Wildman–Crippen MR) is 157 cm³/mol. The number of nitrogens with zero attached hydrogens (tertiary/aromatic N) is 5. The third kappa shape index (κ3) is 5.21. The third-order valence-corrected chi connectivity index (χ3v) is 9.63. The van der Waals surface area contributed by atoms with Crippen LogP contribution in [0.4, 0.5) is 5.82 Å². The minimum atomic E-state index is -3.63. The molecule has 39 heavy (non-hydrogen) atoms. The van der Waals surface area contributed by atoms with Crippen LogP contribution in [0.5, 0.6) is 0 Å². The number of anilines is 1. The van der Waals surface area contributed by atoms with Crippen LogP contribution in [-0.4, -0.2) is 51.0 Å². The fraction of sp³-hybridized carbons (Fsp3) is 0.214. The molecule has 0 unspecified atom stereocenters. The van der Waals surface area contributed by atoms with E-state index >= 15 is 0 Å². The van der Waals surface area contributed by atoms with Crippen LogP contribution in [0, 0.1) is 0 Å². The molecule has 0 aliphatic carbocycles. The van der Waals surface area contributed by atoms with Gasteiger partial charge in [0.2, 0.25) is 0 Å². The van der Waals surface area contributed by atoms with Gasteiger partial charge in [0, 0.05) is 54.2 Å². The first-order valence-corrected chi connectivity index (χ1v) is 15.3. The maximum atomic E-state index is 13.2. The Morgan fingerprint density at radius 3 is 2.51 bits per heavy atom. The summed E-state index contributed by atoms with van der Waals surface area (Å²) in [4.78, 5) is 7.38. The van der Waals surface area contributed by atoms with Crippen molar-refractivity contribution in [2.45, 2.75) is 30.3 Å². The van der Waals surface area contributed by atoms with E-state index in [1.54, 1.807) is 47.2 Å². The lowest BCUT2D eigenvalue weighted by molar-refractivity contribution is 0.208. The van der Waals surface area contributed by atoms with E-state index in [2.05, 4.69) is 31.2 Å². The summed E-state index contributed by atoms with van der Waals surface area (Å²) >= 11 is 10.0. The van der Waals surface area contributed by atoms with Gasteiger partial charge in [0.25, 0.3) is 10.0 Å². The minimum Gasteiger partial charge on any atom is -0.367 e. The molecule has 3 aromatic heterocycles. The van der Waals surface area contributed by atoms with Gasteiger partial charge in [-0.05, 0) is 59.1 Å². The molecule has 0 radical (unpaired) electrons. The zero-order chi connectivity index (χ0) is 27.0. The highest BCUT2D eigenvalue weighted by atomic mass is 79.9. The maximum Gasteiger partial charge on any atom is 0.267 e. The third-order valence-electron chi connectivity index (χ3n) is 7.00. The lowest BCUT2D eigenvalue weighted by Gasteiger charge is -2.33. The lowest BCUT2D eigenvalue weighted by Crippen LogP contribution is -2.39. The van der Waals surface area contributed by atoms with Gasteiger partial charge in [-0.1, -0.05) is 48.0 Å². The zero-order valence-electron chi connectivity index (χ0n) is 20.9. The van der Waals surface area contributed by atoms with Crippen LogP contribution >= 0.6 is 27.5 Å². The highest BCUT2D eigenvalue weighted by Crippen LogP contribution is 2.31. The Balaban J connectivity index is 1.17. The number of halogens is 2. The average Bonchev–Trinajstić information content (AvgIpc) is 3.58. The van der Waals surface area contributed by atoms with Crippen LogP contribution in [0.15, 0.2) is 94.6 Å². The molecular weight excluding hydrogens is 600 g/mol. The second-order valence-electron chi connectivity index (χ2n) is 9.54. The monoisotopic (exact) mass is 624 g/mol. The van der Waals surface area contributed by atoms with E-state index in [0.29, 0.717) is 17.2 Å². The highest BCUT2D eigenvalue weighted by Gasteiger charge is 2.24. The molecule has 4 heterocycles. The van der Waals surface area contributed by atoms with E-state index in [1.165, 1.54) is 3.97 Å². The highest BCUT2D eigenvalue weighted by molar-refractivity contribution is 9.10. The fourth-order valence-electron chi connectivity index (χ4n) is 4.98. The molecule has 8 nitrogen and oxygen atoms in total. The first-order valence-electron chi connectivity index (χ1n) is 12.6. The first-order chi connectivity index (χ1) is 18.9. The quantitative estimate of drug-likeness (QED) is 0.242. The van der Waals surface area contributed by atoms with E-state index in [-0.39, 0.29) is 10.9 Å². The predicted octanol–water partition coefficient (Wildman–Crippen LogP) is 5.93. The molecule has 2 aromatic carbocycles. The van der Waals surface area contributed by atoms with Gasteiger partial charge in [0.1, 0.15) is 5.82 Å². The number of aromatic nitrogens is 4. The minimum absolute atomic E-state index is 0.230. The van der Waals surface area contributed by atoms with Crippen LogP contribution in [0.3, 0.4) is 0 Å². The number of piperidine rings is 1. The number of hydrogen-bond acceptors (Lipinski definition) is 6. The molecule has 6 rings (SSSR count). The largest absolute Gasteiger partial charge is 0.367 e. The van der Waals surface area contributed by atoms with E-state index in [9.17, 15) is 8.42 Å². The number of fused-ring (bicyclic) bond motifs is 1. The van der Waals surface area contributed by atoms with Crippen molar-refractivity contribution in [1.82, 2.24) is 23.5 Å². The van der Waals surface area contributed by atoms with Gasteiger partial charge < -0.3 is 5.32 Å². The molecule has 1 fully saturated rings. The Labute approximate surface area is 240 Å². The number of benzene rings is 2. The van der Waals surface area contributed by atoms with Crippen molar-refractivity contribution in [2.75, 3.05) is 18.4 Å². The summed E-state index contributed by atoms with van der Waals surface area (Å²) in [5, 5.41) is 8.82. The Kier molecular flexibility index (Phi) is 7.20. The summed E-state index contributed by atoms with van der Waals surface area (Å²) in [6.07, 6.45) is 5.17. The molecule has 200 valence electrons. The summed E-state index contributed by atoms with van der Waals surface area (Å²) in [6.45, 7) is 2.24. The molecule has 0 spiro atoms. The molecule has 0 saturated carbocycles. The van der Waals surface area contributed by atoms with Crippen molar-refractivity contribution >= 4 is 49.0 Å². The van der Waals surface area contributed by atoms with Gasteiger partial charge in [0.05, 0.1) is 21.3 Å². The summed E-state index contributed by atoms with van der Waals surface area (Å²) in [5.74, 6) is 0.849. The molecule has 1 aliphatic rings. The van der Waals surface area contributed by atoms with Crippen molar-refractivity contribution in [1.29, 1.82) is 0 Å². The van der Waals surface area contributed by atoms with Crippen LogP contribution in [0.1, 0.15) is 18.5 Å². The number of likely N-dealkylation sites (tertiary alicyclic amines) is 1. The molecule has 1 N–H and O–H groups in total. The summed E-state index contributed by atoms with van der Waals surface area (Å²) < 4.78 is 30.4. The average molecular weight is 626 g/mol. The molecule has 1 aliphatic heterocycles. The van der Waals surface area contributed by atoms with Crippen molar-refractivity contribution < 1.29 is 8.42 Å². The van der Waals surface area contributed by atoms with Gasteiger partial charge in [-0.3, -0.25) is 4.90 Å². The zero-order valence-corrected chi connectivity index (χ0v) is 24.1. The summed E-state index contributed by atoms with van der Waals surface area (Å²) in [6, 6.07) is 22.1. The molecule has 11 heteroatoms. The SMILES string of the molecule is O=S(=O)(c1ccccc1)n1cccc1CN1CCC(Nc2cc(-c3ccccc3Cl)nc3c(Br)cnn23)CC1. The van der Waals surface area contributed by atoms with E-state index in [1.807, 2.05) is 42.5 Å². The number of rotatable bonds is 7. The summed E-state index contributed by atoms with van der Waals surface area (Å²) in [7, 11) is -3.63. The van der Waals surface area contributed by atoms with Crippen LogP contribution in [0.2, 0.25) is 5.02 Å². The van der Waals surface area contributed by atoms with Crippen molar-refractivity contribution in [3.05, 3.63) is 100 Å². The Morgan fingerprint density at radius 2 is 1.74 bits per heavy atom. The van der Waals surface area contributed by atoms with Gasteiger partial charge in [-0.25, -0.2) is 17.4 Å². The molecular formula is C28H26BrClN6O2S. The van der Waals surface area contributed by atoms with Gasteiger partial charge in [-0.2, -0.15) is 9.61 Å². The Hall–Kier alpha value is -3.18. The summed E-state index contributed by atoms with van der Waals surface area (Å²) in [5.41, 5.74) is 3.11. The van der Waals surface area contributed by atoms with Crippen molar-refractivity contribution in [2.24, 2.45) is 0 Å². The Morgan fingerprint density at radius 1 is 1.00 bits per heavy atom. The molecule has 0 atom stereocenters. The van der Waals surface area contributed by atoms with E-state index in [0.717, 1.165) is 53.2 Å². The van der Waals surface area contributed by atoms with E-state index in [4.69, 9.17) is 16.6 Å². The second kappa shape index (κ2) is 10.8. The van der Waals surface area contributed by atoms with Crippen LogP contribution in [0.25, 0.3) is 16.9 Å². The van der Waals surface area contributed by atoms with Gasteiger partial charge in [0.15, 0.2) is 5.65 Å².